The summed E-state index contributed by atoms with van der Waals surface area (Å²) in [6.45, 7) is 3.75. The fourth-order valence-electron chi connectivity index (χ4n) is 3.30. The van der Waals surface area contributed by atoms with Crippen LogP contribution in [0, 0.1) is 19.8 Å². The molecule has 1 N–H and O–H groups in total. The molecule has 0 aromatic carbocycles. The first-order valence-corrected chi connectivity index (χ1v) is 7.91. The highest BCUT2D eigenvalue weighted by Crippen LogP contribution is 2.30. The van der Waals surface area contributed by atoms with Crippen LogP contribution < -0.4 is 5.32 Å². The predicted octanol–water partition coefficient (Wildman–Crippen LogP) is 1.95. The van der Waals surface area contributed by atoms with Crippen molar-refractivity contribution in [2.75, 3.05) is 5.32 Å². The van der Waals surface area contributed by atoms with E-state index in [-0.39, 0.29) is 0 Å². The summed E-state index contributed by atoms with van der Waals surface area (Å²) in [4.78, 5) is 4.42. The van der Waals surface area contributed by atoms with Crippen molar-refractivity contribution in [1.82, 2.24) is 29.8 Å². The average Bonchev–Trinajstić information content (AvgIpc) is 3.23. The van der Waals surface area contributed by atoms with Crippen LogP contribution in [0.4, 0.5) is 5.82 Å². The van der Waals surface area contributed by atoms with Crippen LogP contribution in [0.15, 0.2) is 16.8 Å². The Bertz CT molecular complexity index is 824. The van der Waals surface area contributed by atoms with Crippen molar-refractivity contribution in [2.24, 2.45) is 5.92 Å². The van der Waals surface area contributed by atoms with Crippen LogP contribution in [0.3, 0.4) is 0 Å². The number of aryl methyl sites for hydroxylation is 2. The quantitative estimate of drug-likeness (QED) is 0.786. The number of nitrogens with zero attached hydrogens (tertiary/aromatic N) is 6. The molecular formula is C15H19N7O. The molecule has 0 spiro atoms. The third-order valence-corrected chi connectivity index (χ3v) is 4.41. The summed E-state index contributed by atoms with van der Waals surface area (Å²) < 4.78 is 7.43. The van der Waals surface area contributed by atoms with Gasteiger partial charge in [-0.2, -0.15) is 0 Å². The normalized spacial score (nSPS) is 21.1. The summed E-state index contributed by atoms with van der Waals surface area (Å²) in [5, 5.41) is 19.8. The number of rotatable bonds is 4. The average molecular weight is 313 g/mol. The molecule has 1 saturated carbocycles. The Balaban J connectivity index is 1.43. The van der Waals surface area contributed by atoms with E-state index >= 15 is 0 Å². The minimum Gasteiger partial charge on any atom is -0.426 e. The lowest BCUT2D eigenvalue weighted by Crippen LogP contribution is -2.17. The second-order valence-corrected chi connectivity index (χ2v) is 6.16. The molecule has 1 aliphatic rings. The maximum Gasteiger partial charge on any atom is 0.216 e. The summed E-state index contributed by atoms with van der Waals surface area (Å²) in [5.41, 5.74) is 0.779. The van der Waals surface area contributed by atoms with Crippen molar-refractivity contribution in [2.45, 2.75) is 45.6 Å². The van der Waals surface area contributed by atoms with Crippen LogP contribution >= 0.6 is 0 Å². The molecule has 0 unspecified atom stereocenters. The van der Waals surface area contributed by atoms with Crippen molar-refractivity contribution in [1.29, 1.82) is 0 Å². The van der Waals surface area contributed by atoms with Gasteiger partial charge in [0.1, 0.15) is 5.82 Å². The van der Waals surface area contributed by atoms with E-state index < -0.39 is 0 Å². The molecule has 3 aromatic heterocycles. The van der Waals surface area contributed by atoms with Crippen molar-refractivity contribution in [3.8, 4) is 0 Å². The zero-order valence-electron chi connectivity index (χ0n) is 13.2. The van der Waals surface area contributed by atoms with Gasteiger partial charge in [-0.1, -0.05) is 0 Å². The van der Waals surface area contributed by atoms with Gasteiger partial charge in [-0.05, 0) is 32.1 Å². The number of aromatic nitrogens is 6. The van der Waals surface area contributed by atoms with Gasteiger partial charge in [0.2, 0.25) is 17.4 Å². The first-order chi connectivity index (χ1) is 11.2. The topological polar surface area (TPSA) is 94.0 Å². The molecule has 0 bridgehead atoms. The lowest BCUT2D eigenvalue weighted by molar-refractivity contribution is 0.416. The SMILES string of the molecule is Cc1nnc(C[C@@H]2CC[C@H](Nc3nccn4c(C)nnc34)C2)o1. The third-order valence-electron chi connectivity index (χ3n) is 4.41. The molecule has 0 saturated heterocycles. The molecule has 2 atom stereocenters. The summed E-state index contributed by atoms with van der Waals surface area (Å²) in [6.07, 6.45) is 7.82. The molecule has 1 aliphatic carbocycles. The van der Waals surface area contributed by atoms with Crippen LogP contribution in [0.5, 0.6) is 0 Å². The molecular weight excluding hydrogens is 294 g/mol. The second-order valence-electron chi connectivity index (χ2n) is 6.16. The first-order valence-electron chi connectivity index (χ1n) is 7.91. The molecule has 3 heterocycles. The molecule has 1 fully saturated rings. The minimum absolute atomic E-state index is 0.389. The molecule has 4 rings (SSSR count). The van der Waals surface area contributed by atoms with E-state index in [4.69, 9.17) is 4.42 Å². The number of fused-ring (bicyclic) bond motifs is 1. The largest absolute Gasteiger partial charge is 0.426 e. The molecule has 23 heavy (non-hydrogen) atoms. The van der Waals surface area contributed by atoms with Gasteiger partial charge in [0, 0.05) is 31.8 Å². The third kappa shape index (κ3) is 2.76. The standard InChI is InChI=1S/C15H19N7O/c1-9-18-21-15-14(16-5-6-22(9)15)17-12-4-3-11(7-12)8-13-20-19-10(2)23-13/h5-6,11-12H,3-4,7-8H2,1-2H3,(H,16,17)/t11-,12+/m1/s1. The van der Waals surface area contributed by atoms with Gasteiger partial charge in [-0.3, -0.25) is 4.40 Å². The Kier molecular flexibility index (Phi) is 3.44. The van der Waals surface area contributed by atoms with Gasteiger partial charge in [0.15, 0.2) is 5.82 Å². The Labute approximate surface area is 133 Å². The molecule has 3 aromatic rings. The molecule has 0 amide bonds. The molecule has 120 valence electrons. The Morgan fingerprint density at radius 1 is 1.22 bits per heavy atom. The number of hydrogen-bond acceptors (Lipinski definition) is 7. The van der Waals surface area contributed by atoms with E-state index in [2.05, 4.69) is 30.7 Å². The smallest absolute Gasteiger partial charge is 0.216 e. The van der Waals surface area contributed by atoms with Gasteiger partial charge in [0.05, 0.1) is 0 Å². The van der Waals surface area contributed by atoms with Crippen molar-refractivity contribution >= 4 is 11.5 Å². The van der Waals surface area contributed by atoms with Gasteiger partial charge < -0.3 is 9.73 Å². The van der Waals surface area contributed by atoms with Crippen LogP contribution in [-0.4, -0.2) is 35.8 Å². The summed E-state index contributed by atoms with van der Waals surface area (Å²) in [5.74, 6) is 3.59. The second kappa shape index (κ2) is 5.60. The monoisotopic (exact) mass is 313 g/mol. The van der Waals surface area contributed by atoms with E-state index in [9.17, 15) is 0 Å². The Morgan fingerprint density at radius 2 is 2.13 bits per heavy atom. The van der Waals surface area contributed by atoms with E-state index in [1.807, 2.05) is 24.4 Å². The fourth-order valence-corrected chi connectivity index (χ4v) is 3.30. The molecule has 8 nitrogen and oxygen atoms in total. The fraction of sp³-hybridized carbons (Fsp3) is 0.533. The van der Waals surface area contributed by atoms with Crippen molar-refractivity contribution < 1.29 is 4.42 Å². The Morgan fingerprint density at radius 3 is 2.96 bits per heavy atom. The zero-order chi connectivity index (χ0) is 15.8. The number of hydrogen-bond donors (Lipinski definition) is 1. The van der Waals surface area contributed by atoms with Crippen LogP contribution in [0.25, 0.3) is 5.65 Å². The zero-order valence-corrected chi connectivity index (χ0v) is 13.2. The maximum absolute atomic E-state index is 5.48. The van der Waals surface area contributed by atoms with Gasteiger partial charge in [-0.25, -0.2) is 4.98 Å². The lowest BCUT2D eigenvalue weighted by atomic mass is 10.0. The minimum atomic E-state index is 0.389. The summed E-state index contributed by atoms with van der Waals surface area (Å²) >= 11 is 0. The number of nitrogens with one attached hydrogen (secondary N) is 1. The van der Waals surface area contributed by atoms with Gasteiger partial charge in [-0.15, -0.1) is 20.4 Å². The highest BCUT2D eigenvalue weighted by molar-refractivity contribution is 5.62. The van der Waals surface area contributed by atoms with Crippen LogP contribution in [-0.2, 0) is 6.42 Å². The van der Waals surface area contributed by atoms with Crippen LogP contribution in [0.2, 0.25) is 0 Å². The lowest BCUT2D eigenvalue weighted by Gasteiger charge is -2.13. The molecule has 8 heteroatoms. The van der Waals surface area contributed by atoms with E-state index in [1.54, 1.807) is 6.20 Å². The maximum atomic E-state index is 5.48. The summed E-state index contributed by atoms with van der Waals surface area (Å²) in [6, 6.07) is 0.389. The first kappa shape index (κ1) is 14.1. The highest BCUT2D eigenvalue weighted by atomic mass is 16.4. The van der Waals surface area contributed by atoms with E-state index in [1.165, 1.54) is 0 Å². The predicted molar refractivity (Wildman–Crippen MR) is 83.0 cm³/mol. The van der Waals surface area contributed by atoms with Crippen LogP contribution in [0.1, 0.15) is 36.9 Å². The molecule has 0 aliphatic heterocycles. The van der Waals surface area contributed by atoms with E-state index in [0.29, 0.717) is 17.9 Å². The van der Waals surface area contributed by atoms with Gasteiger partial charge >= 0.3 is 0 Å². The van der Waals surface area contributed by atoms with Crippen molar-refractivity contribution in [3.63, 3.8) is 0 Å². The molecule has 0 radical (unpaired) electrons. The van der Waals surface area contributed by atoms with Crippen molar-refractivity contribution in [3.05, 3.63) is 30.0 Å². The van der Waals surface area contributed by atoms with Gasteiger partial charge in [0.25, 0.3) is 0 Å². The Hall–Kier alpha value is -2.51. The number of anilines is 1. The summed E-state index contributed by atoms with van der Waals surface area (Å²) in [7, 11) is 0. The van der Waals surface area contributed by atoms with E-state index in [0.717, 1.165) is 48.9 Å². The highest BCUT2D eigenvalue weighted by Gasteiger charge is 2.27.